The van der Waals surface area contributed by atoms with Gasteiger partial charge in [-0.1, -0.05) is 0 Å². The molecule has 8 rings (SSSR count). The zero-order chi connectivity index (χ0) is 12.1. The van der Waals surface area contributed by atoms with Crippen LogP contribution in [-0.2, 0) is 0 Å². The quantitative estimate of drug-likeness (QED) is 0.684. The minimum atomic E-state index is 0.677. The van der Waals surface area contributed by atoms with Crippen molar-refractivity contribution in [2.24, 2.45) is 11.8 Å². The van der Waals surface area contributed by atoms with E-state index in [-0.39, 0.29) is 0 Å². The molecule has 1 aliphatic carbocycles. The first-order chi connectivity index (χ1) is 9.42. The van der Waals surface area contributed by atoms with Gasteiger partial charge in [0.2, 0.25) is 0 Å². The number of rotatable bonds is 0. The van der Waals surface area contributed by atoms with E-state index in [4.69, 9.17) is 0 Å². The first-order valence-electron chi connectivity index (χ1n) is 8.16. The molecule has 8 aliphatic rings. The van der Waals surface area contributed by atoms with Gasteiger partial charge in [0.05, 0.1) is 0 Å². The normalized spacial score (nSPS) is 49.3. The van der Waals surface area contributed by atoms with Gasteiger partial charge in [-0.2, -0.15) is 0 Å². The fourth-order valence-corrected chi connectivity index (χ4v) is 6.03. The van der Waals surface area contributed by atoms with Crippen molar-refractivity contribution in [2.75, 3.05) is 13.1 Å². The molecule has 2 N–H and O–H groups in total. The SMILES string of the molecule is C1CC2NCC1C1=C2N2CCC1C1=C2[C@H]2CC[C@@H]1N2. The second-order valence-electron chi connectivity index (χ2n) is 7.26. The molecule has 0 spiro atoms. The van der Waals surface area contributed by atoms with Crippen LogP contribution in [0.2, 0.25) is 0 Å². The molecular weight excluding hydrogens is 234 g/mol. The standard InChI is InChI=1S/C16H21N3/c1-2-11-15-13(8(1)7-17-11)9-5-6-19(15)16-12-4-3-10(18-12)14(9)16/h8-12,17-18H,1-7H2/t8?,9?,10-,11?,12+/m0/s1. The summed E-state index contributed by atoms with van der Waals surface area (Å²) in [6, 6.07) is 2.10. The van der Waals surface area contributed by atoms with Gasteiger partial charge in [0.25, 0.3) is 0 Å². The third-order valence-electron chi connectivity index (χ3n) is 6.60. The van der Waals surface area contributed by atoms with Gasteiger partial charge >= 0.3 is 0 Å². The second-order valence-corrected chi connectivity index (χ2v) is 7.26. The van der Waals surface area contributed by atoms with Gasteiger partial charge < -0.3 is 15.5 Å². The maximum atomic E-state index is 3.87. The average Bonchev–Trinajstić information content (AvgIpc) is 3.12. The van der Waals surface area contributed by atoms with Crippen LogP contribution in [-0.4, -0.2) is 36.1 Å². The van der Waals surface area contributed by atoms with Crippen LogP contribution in [0.25, 0.3) is 0 Å². The summed E-state index contributed by atoms with van der Waals surface area (Å²) in [5.74, 6) is 1.67. The molecule has 5 atom stereocenters. The molecule has 3 heteroatoms. The molecule has 0 amide bonds. The van der Waals surface area contributed by atoms with Gasteiger partial charge in [0.1, 0.15) is 0 Å². The van der Waals surface area contributed by atoms with Crippen molar-refractivity contribution in [1.82, 2.24) is 15.5 Å². The van der Waals surface area contributed by atoms with E-state index in [1.165, 1.54) is 45.2 Å². The Morgan fingerprint density at radius 3 is 2.58 bits per heavy atom. The molecule has 0 saturated carbocycles. The number of hydrogen-bond donors (Lipinski definition) is 2. The molecule has 0 aromatic heterocycles. The Balaban J connectivity index is 1.58. The fraction of sp³-hybridized carbons (Fsp3) is 0.750. The van der Waals surface area contributed by atoms with E-state index in [1.807, 2.05) is 11.1 Å². The number of hydrogen-bond acceptors (Lipinski definition) is 3. The van der Waals surface area contributed by atoms with Gasteiger partial charge in [-0.25, -0.2) is 0 Å². The van der Waals surface area contributed by atoms with E-state index < -0.39 is 0 Å². The predicted molar refractivity (Wildman–Crippen MR) is 73.3 cm³/mol. The van der Waals surface area contributed by atoms with Crippen molar-refractivity contribution in [2.45, 2.75) is 50.2 Å². The average molecular weight is 255 g/mol. The van der Waals surface area contributed by atoms with Crippen molar-refractivity contribution in [1.29, 1.82) is 0 Å². The maximum absolute atomic E-state index is 3.87. The molecule has 19 heavy (non-hydrogen) atoms. The Morgan fingerprint density at radius 2 is 1.68 bits per heavy atom. The van der Waals surface area contributed by atoms with E-state index in [9.17, 15) is 0 Å². The molecule has 100 valence electrons. The van der Waals surface area contributed by atoms with E-state index in [1.54, 1.807) is 11.4 Å². The summed E-state index contributed by atoms with van der Waals surface area (Å²) in [4.78, 5) is 2.75. The van der Waals surface area contributed by atoms with Crippen LogP contribution in [0.15, 0.2) is 22.5 Å². The van der Waals surface area contributed by atoms with Gasteiger partial charge in [-0.3, -0.25) is 0 Å². The van der Waals surface area contributed by atoms with Gasteiger partial charge in [0, 0.05) is 48.5 Å². The van der Waals surface area contributed by atoms with Gasteiger partial charge in [-0.05, 0) is 49.2 Å². The number of piperidine rings is 1. The van der Waals surface area contributed by atoms with Crippen LogP contribution in [0.5, 0.6) is 0 Å². The summed E-state index contributed by atoms with van der Waals surface area (Å²) in [7, 11) is 0. The summed E-state index contributed by atoms with van der Waals surface area (Å²) >= 11 is 0. The zero-order valence-electron chi connectivity index (χ0n) is 11.3. The molecule has 7 heterocycles. The fourth-order valence-electron chi connectivity index (χ4n) is 6.03. The molecule has 0 aromatic carbocycles. The lowest BCUT2D eigenvalue weighted by Crippen LogP contribution is -2.57. The summed E-state index contributed by atoms with van der Waals surface area (Å²) in [6.07, 6.45) is 6.97. The lowest BCUT2D eigenvalue weighted by atomic mass is 9.64. The Bertz CT molecular complexity index is 492. The summed E-state index contributed by atoms with van der Waals surface area (Å²) in [6.45, 7) is 2.54. The van der Waals surface area contributed by atoms with Crippen molar-refractivity contribution < 1.29 is 0 Å². The number of nitrogens with zero attached hydrogens (tertiary/aromatic N) is 1. The van der Waals surface area contributed by atoms with Gasteiger partial charge in [0.15, 0.2) is 0 Å². The Morgan fingerprint density at radius 1 is 0.842 bits per heavy atom. The van der Waals surface area contributed by atoms with E-state index in [2.05, 4.69) is 15.5 Å². The van der Waals surface area contributed by atoms with E-state index >= 15 is 0 Å². The molecule has 0 aromatic rings. The van der Waals surface area contributed by atoms with Crippen molar-refractivity contribution in [3.63, 3.8) is 0 Å². The number of fused-ring (bicyclic) bond motifs is 5. The minimum absolute atomic E-state index is 0.677. The molecule has 2 fully saturated rings. The molecule has 6 bridgehead atoms. The summed E-state index contributed by atoms with van der Waals surface area (Å²) < 4.78 is 0. The zero-order valence-corrected chi connectivity index (χ0v) is 11.3. The molecule has 3 unspecified atom stereocenters. The monoisotopic (exact) mass is 255 g/mol. The highest BCUT2D eigenvalue weighted by atomic mass is 15.3. The highest BCUT2D eigenvalue weighted by Crippen LogP contribution is 2.56. The maximum Gasteiger partial charge on any atom is 0.0480 e. The lowest BCUT2D eigenvalue weighted by molar-refractivity contribution is 0.188. The topological polar surface area (TPSA) is 27.3 Å². The molecular formula is C16H21N3. The highest BCUT2D eigenvalue weighted by molar-refractivity contribution is 5.51. The van der Waals surface area contributed by atoms with Gasteiger partial charge in [-0.15, -0.1) is 0 Å². The first kappa shape index (κ1) is 10.0. The van der Waals surface area contributed by atoms with Crippen LogP contribution in [0, 0.1) is 11.8 Å². The van der Waals surface area contributed by atoms with Crippen LogP contribution in [0.4, 0.5) is 0 Å². The predicted octanol–water partition coefficient (Wildman–Crippen LogP) is 1.35. The molecule has 0 radical (unpaired) electrons. The first-order valence-corrected chi connectivity index (χ1v) is 8.16. The molecule has 3 nitrogen and oxygen atoms in total. The summed E-state index contributed by atoms with van der Waals surface area (Å²) in [5.41, 5.74) is 7.15. The van der Waals surface area contributed by atoms with Crippen molar-refractivity contribution in [3.05, 3.63) is 22.5 Å². The van der Waals surface area contributed by atoms with Crippen LogP contribution >= 0.6 is 0 Å². The Hall–Kier alpha value is -0.800. The van der Waals surface area contributed by atoms with E-state index in [0.717, 1.165) is 17.9 Å². The number of nitrogens with one attached hydrogen (secondary N) is 2. The smallest absolute Gasteiger partial charge is 0.0480 e. The summed E-state index contributed by atoms with van der Waals surface area (Å²) in [5, 5.41) is 7.65. The van der Waals surface area contributed by atoms with Crippen LogP contribution < -0.4 is 10.6 Å². The second kappa shape index (κ2) is 3.09. The third-order valence-corrected chi connectivity index (χ3v) is 6.60. The molecule has 7 aliphatic heterocycles. The Kier molecular flexibility index (Phi) is 1.63. The van der Waals surface area contributed by atoms with Crippen molar-refractivity contribution >= 4 is 0 Å². The largest absolute Gasteiger partial charge is 0.346 e. The highest BCUT2D eigenvalue weighted by Gasteiger charge is 2.54. The van der Waals surface area contributed by atoms with E-state index in [0.29, 0.717) is 12.1 Å². The lowest BCUT2D eigenvalue weighted by Gasteiger charge is -2.56. The molecule has 2 saturated heterocycles. The minimum Gasteiger partial charge on any atom is -0.346 e. The van der Waals surface area contributed by atoms with Crippen molar-refractivity contribution in [3.8, 4) is 0 Å². The van der Waals surface area contributed by atoms with Crippen LogP contribution in [0.3, 0.4) is 0 Å². The Labute approximate surface area is 114 Å². The third kappa shape index (κ3) is 0.995. The van der Waals surface area contributed by atoms with Crippen LogP contribution in [0.1, 0.15) is 32.1 Å².